The number of amides is 1. The van der Waals surface area contributed by atoms with Crippen molar-refractivity contribution in [1.82, 2.24) is 0 Å². The van der Waals surface area contributed by atoms with Crippen LogP contribution in [0.25, 0.3) is 21.7 Å². The Morgan fingerprint density at radius 2 is 1.87 bits per heavy atom. The summed E-state index contributed by atoms with van der Waals surface area (Å²) in [4.78, 5) is 26.2. The van der Waals surface area contributed by atoms with Gasteiger partial charge in [-0.05, 0) is 42.3 Å². The number of hydrogen-bond acceptors (Lipinski definition) is 6. The van der Waals surface area contributed by atoms with Crippen LogP contribution in [0.2, 0.25) is 0 Å². The van der Waals surface area contributed by atoms with Crippen LogP contribution in [0.5, 0.6) is 0 Å². The lowest BCUT2D eigenvalue weighted by molar-refractivity contribution is 0.0528. The molecule has 0 aliphatic heterocycles. The highest BCUT2D eigenvalue weighted by atomic mass is 32.1. The van der Waals surface area contributed by atoms with E-state index in [-0.39, 0.29) is 17.7 Å². The van der Waals surface area contributed by atoms with Crippen LogP contribution < -0.4 is 10.9 Å². The minimum absolute atomic E-state index is 0.0973. The van der Waals surface area contributed by atoms with Crippen molar-refractivity contribution in [2.45, 2.75) is 20.3 Å². The van der Waals surface area contributed by atoms with E-state index < -0.39 is 11.9 Å². The zero-order valence-corrected chi connectivity index (χ0v) is 17.4. The number of ether oxygens (including phenoxy) is 1. The number of fused-ring (bicyclic) bond motifs is 3. The first-order valence-electron chi connectivity index (χ1n) is 9.63. The molecule has 0 saturated carbocycles. The first kappa shape index (κ1) is 19.8. The number of esters is 1. The Balaban J connectivity index is 1.76. The third-order valence-electron chi connectivity index (χ3n) is 4.77. The van der Waals surface area contributed by atoms with Crippen LogP contribution in [-0.2, 0) is 11.2 Å². The number of anilines is 1. The van der Waals surface area contributed by atoms with Gasteiger partial charge in [0.2, 0.25) is 5.55 Å². The summed E-state index contributed by atoms with van der Waals surface area (Å²) in [6, 6.07) is 14.9. The minimum Gasteiger partial charge on any atom is -0.462 e. The predicted octanol–water partition coefficient (Wildman–Crippen LogP) is 5.12. The molecular weight excluding hydrogens is 400 g/mol. The average Bonchev–Trinajstić information content (AvgIpc) is 3.16. The van der Waals surface area contributed by atoms with Crippen LogP contribution in [0, 0.1) is 5.41 Å². The van der Waals surface area contributed by atoms with Crippen LogP contribution in [0.15, 0.2) is 52.9 Å². The predicted molar refractivity (Wildman–Crippen MR) is 117 cm³/mol. The largest absolute Gasteiger partial charge is 0.462 e. The highest BCUT2D eigenvalue weighted by molar-refractivity contribution is 7.16. The number of nitrogens with one attached hydrogen (secondary N) is 2. The second kappa shape index (κ2) is 8.12. The Hall–Kier alpha value is -3.45. The summed E-state index contributed by atoms with van der Waals surface area (Å²) in [6.45, 7) is 3.95. The molecule has 0 aliphatic rings. The van der Waals surface area contributed by atoms with Gasteiger partial charge in [0.05, 0.1) is 12.2 Å². The van der Waals surface area contributed by atoms with Crippen LogP contribution >= 0.6 is 11.3 Å². The summed E-state index contributed by atoms with van der Waals surface area (Å²) in [6.07, 6.45) is 0.730. The SMILES string of the molecule is CCOC(=O)c1cc(CC)sc1NC(=O)c1cc2c(ccc3ccccc32)oc1=N. The molecule has 4 rings (SSSR count). The van der Waals surface area contributed by atoms with Crippen LogP contribution in [-0.4, -0.2) is 18.5 Å². The first-order chi connectivity index (χ1) is 14.5. The molecule has 2 aromatic carbocycles. The number of hydrogen-bond donors (Lipinski definition) is 2. The highest BCUT2D eigenvalue weighted by Gasteiger charge is 2.21. The number of carbonyl (C=O) groups excluding carboxylic acids is 2. The van der Waals surface area contributed by atoms with Crippen LogP contribution in [0.3, 0.4) is 0 Å². The highest BCUT2D eigenvalue weighted by Crippen LogP contribution is 2.30. The summed E-state index contributed by atoms with van der Waals surface area (Å²) in [5.41, 5.74) is 0.717. The van der Waals surface area contributed by atoms with Crippen molar-refractivity contribution in [3.63, 3.8) is 0 Å². The topological polar surface area (TPSA) is 92.4 Å². The van der Waals surface area contributed by atoms with Crippen molar-refractivity contribution in [2.75, 3.05) is 11.9 Å². The zero-order valence-electron chi connectivity index (χ0n) is 16.6. The van der Waals surface area contributed by atoms with Gasteiger partial charge in [-0.1, -0.05) is 37.3 Å². The van der Waals surface area contributed by atoms with Crippen LogP contribution in [0.4, 0.5) is 5.00 Å². The standard InChI is InChI=1S/C23H20N2O4S/c1-3-14-11-18(23(27)28-4-2)22(30-14)25-21(26)17-12-16-15-8-6-5-7-13(15)9-10-19(16)29-20(17)24/h5-12,24H,3-4H2,1-2H3,(H,25,26). The molecule has 0 saturated heterocycles. The molecule has 0 bridgehead atoms. The molecule has 0 aliphatic carbocycles. The number of carbonyl (C=O) groups is 2. The number of aryl methyl sites for hydroxylation is 1. The summed E-state index contributed by atoms with van der Waals surface area (Å²) in [7, 11) is 0. The lowest BCUT2D eigenvalue weighted by Gasteiger charge is -2.08. The lowest BCUT2D eigenvalue weighted by Crippen LogP contribution is -2.21. The van der Waals surface area contributed by atoms with Gasteiger partial charge >= 0.3 is 5.97 Å². The maximum atomic E-state index is 13.0. The summed E-state index contributed by atoms with van der Waals surface area (Å²) >= 11 is 1.32. The molecule has 0 atom stereocenters. The molecule has 2 aromatic heterocycles. The molecule has 0 radical (unpaired) electrons. The first-order valence-corrected chi connectivity index (χ1v) is 10.4. The van der Waals surface area contributed by atoms with Crippen molar-refractivity contribution in [2.24, 2.45) is 0 Å². The van der Waals surface area contributed by atoms with Gasteiger partial charge in [-0.15, -0.1) is 11.3 Å². The quantitative estimate of drug-likeness (QED) is 0.346. The van der Waals surface area contributed by atoms with Gasteiger partial charge in [0.1, 0.15) is 16.1 Å². The molecule has 7 heteroatoms. The summed E-state index contributed by atoms with van der Waals surface area (Å²) in [5.74, 6) is -0.988. The molecular formula is C23H20N2O4S. The third kappa shape index (κ3) is 3.59. The molecule has 1 amide bonds. The van der Waals surface area contributed by atoms with Crippen molar-refractivity contribution in [3.8, 4) is 0 Å². The van der Waals surface area contributed by atoms with E-state index in [1.165, 1.54) is 11.3 Å². The molecule has 0 fully saturated rings. The third-order valence-corrected chi connectivity index (χ3v) is 5.97. The van der Waals surface area contributed by atoms with Crippen LogP contribution in [0.1, 0.15) is 39.4 Å². The number of rotatable bonds is 5. The Morgan fingerprint density at radius 1 is 1.07 bits per heavy atom. The van der Waals surface area contributed by atoms with Crippen molar-refractivity contribution in [3.05, 3.63) is 70.1 Å². The molecule has 30 heavy (non-hydrogen) atoms. The molecule has 0 spiro atoms. The summed E-state index contributed by atoms with van der Waals surface area (Å²) in [5, 5.41) is 14.1. The Kier molecular flexibility index (Phi) is 5.37. The number of benzene rings is 2. The van der Waals surface area contributed by atoms with E-state index in [2.05, 4.69) is 5.32 Å². The fourth-order valence-corrected chi connectivity index (χ4v) is 4.28. The average molecular weight is 420 g/mol. The smallest absolute Gasteiger partial charge is 0.341 e. The second-order valence-electron chi connectivity index (χ2n) is 6.67. The molecule has 152 valence electrons. The van der Waals surface area contributed by atoms with Gasteiger partial charge in [0, 0.05) is 10.3 Å². The van der Waals surface area contributed by atoms with Crippen molar-refractivity contribution in [1.29, 1.82) is 5.41 Å². The molecule has 2 N–H and O–H groups in total. The van der Waals surface area contributed by atoms with E-state index in [4.69, 9.17) is 14.6 Å². The minimum atomic E-state index is -0.506. The maximum absolute atomic E-state index is 13.0. The fraction of sp³-hybridized carbons (Fsp3) is 0.174. The molecule has 2 heterocycles. The van der Waals surface area contributed by atoms with E-state index in [1.807, 2.05) is 37.3 Å². The van der Waals surface area contributed by atoms with E-state index in [1.54, 1.807) is 25.1 Å². The van der Waals surface area contributed by atoms with E-state index in [0.29, 0.717) is 16.1 Å². The van der Waals surface area contributed by atoms with Gasteiger partial charge < -0.3 is 14.5 Å². The normalized spacial score (nSPS) is 11.0. The van der Waals surface area contributed by atoms with Gasteiger partial charge in [0.25, 0.3) is 5.91 Å². The summed E-state index contributed by atoms with van der Waals surface area (Å²) < 4.78 is 10.7. The lowest BCUT2D eigenvalue weighted by atomic mass is 10.0. The number of thiophene rings is 1. The van der Waals surface area contributed by atoms with Crippen molar-refractivity contribution < 1.29 is 18.7 Å². The van der Waals surface area contributed by atoms with Crippen molar-refractivity contribution >= 4 is 50.0 Å². The van der Waals surface area contributed by atoms with E-state index in [9.17, 15) is 9.59 Å². The van der Waals surface area contributed by atoms with Gasteiger partial charge in [0.15, 0.2) is 0 Å². The Labute approximate surface area is 176 Å². The fourth-order valence-electron chi connectivity index (χ4n) is 3.30. The Morgan fingerprint density at radius 3 is 2.63 bits per heavy atom. The monoisotopic (exact) mass is 420 g/mol. The molecule has 0 unspecified atom stereocenters. The Bertz CT molecular complexity index is 1340. The van der Waals surface area contributed by atoms with E-state index >= 15 is 0 Å². The van der Waals surface area contributed by atoms with Gasteiger partial charge in [-0.25, -0.2) is 4.79 Å². The van der Waals surface area contributed by atoms with Gasteiger partial charge in [-0.2, -0.15) is 0 Å². The van der Waals surface area contributed by atoms with Gasteiger partial charge in [-0.3, -0.25) is 10.2 Å². The second-order valence-corrected chi connectivity index (χ2v) is 7.81. The molecule has 6 nitrogen and oxygen atoms in total. The van der Waals surface area contributed by atoms with E-state index in [0.717, 1.165) is 27.5 Å². The zero-order chi connectivity index (χ0) is 21.3. The maximum Gasteiger partial charge on any atom is 0.341 e. The molecule has 4 aromatic rings.